The van der Waals surface area contributed by atoms with Crippen LogP contribution in [-0.4, -0.2) is 48.5 Å². The molecule has 1 aromatic carbocycles. The van der Waals surface area contributed by atoms with Gasteiger partial charge in [-0.05, 0) is 50.3 Å². The molecule has 2 saturated heterocycles. The number of likely N-dealkylation sites (tertiary alicyclic amines) is 1. The van der Waals surface area contributed by atoms with E-state index in [9.17, 15) is 14.9 Å². The van der Waals surface area contributed by atoms with Crippen LogP contribution in [-0.2, 0) is 0 Å². The largest absolute Gasteiger partial charge is 0.490 e. The van der Waals surface area contributed by atoms with E-state index in [0.717, 1.165) is 19.4 Å². The minimum atomic E-state index is -0.520. The first-order valence-electron chi connectivity index (χ1n) is 8.45. The molecule has 2 aliphatic rings. The molecule has 2 heterocycles. The van der Waals surface area contributed by atoms with Crippen molar-refractivity contribution in [2.45, 2.75) is 31.7 Å². The van der Waals surface area contributed by atoms with Gasteiger partial charge < -0.3 is 15.0 Å². The van der Waals surface area contributed by atoms with Crippen molar-refractivity contribution in [3.05, 3.63) is 33.9 Å². The Hall–Kier alpha value is -2.15. The van der Waals surface area contributed by atoms with Gasteiger partial charge in [0, 0.05) is 30.8 Å². The van der Waals surface area contributed by atoms with E-state index in [1.807, 2.05) is 0 Å². The maximum atomic E-state index is 12.6. The molecule has 0 aromatic heterocycles. The number of amides is 1. The highest BCUT2D eigenvalue weighted by molar-refractivity contribution is 5.95. The summed E-state index contributed by atoms with van der Waals surface area (Å²) in [4.78, 5) is 25.0. The maximum Gasteiger partial charge on any atom is 0.311 e. The molecule has 0 saturated carbocycles. The molecule has 0 radical (unpaired) electrons. The molecule has 2 aliphatic heterocycles. The lowest BCUT2D eigenvalue weighted by Gasteiger charge is -2.35. The minimum absolute atomic E-state index is 0.140. The number of ether oxygens (including phenoxy) is 1. The van der Waals surface area contributed by atoms with Gasteiger partial charge >= 0.3 is 5.69 Å². The number of nitrogens with zero attached hydrogens (tertiary/aromatic N) is 2. The highest BCUT2D eigenvalue weighted by Crippen LogP contribution is 2.30. The van der Waals surface area contributed by atoms with Gasteiger partial charge in [-0.3, -0.25) is 14.9 Å². The number of carbonyl (C=O) groups excluding carboxylic acids is 1. The molecule has 7 heteroatoms. The van der Waals surface area contributed by atoms with Crippen LogP contribution in [0.4, 0.5) is 5.69 Å². The number of hydrogen-bond donors (Lipinski definition) is 1. The molecule has 24 heavy (non-hydrogen) atoms. The average molecular weight is 333 g/mol. The molecule has 2 fully saturated rings. The van der Waals surface area contributed by atoms with Crippen LogP contribution in [0.15, 0.2) is 18.2 Å². The van der Waals surface area contributed by atoms with E-state index in [1.165, 1.54) is 32.1 Å². The quantitative estimate of drug-likeness (QED) is 0.674. The third kappa shape index (κ3) is 3.36. The van der Waals surface area contributed by atoms with Gasteiger partial charge in [0.05, 0.1) is 12.0 Å². The van der Waals surface area contributed by atoms with E-state index >= 15 is 0 Å². The number of nitro benzene ring substituents is 1. The third-order valence-electron chi connectivity index (χ3n) is 5.12. The monoisotopic (exact) mass is 333 g/mol. The summed E-state index contributed by atoms with van der Waals surface area (Å²) < 4.78 is 4.98. The fraction of sp³-hybridized carbons (Fsp3) is 0.588. The van der Waals surface area contributed by atoms with Gasteiger partial charge in [0.2, 0.25) is 0 Å². The predicted molar refractivity (Wildman–Crippen MR) is 89.3 cm³/mol. The smallest absolute Gasteiger partial charge is 0.311 e. The Morgan fingerprint density at radius 1 is 1.33 bits per heavy atom. The van der Waals surface area contributed by atoms with Crippen molar-refractivity contribution in [2.24, 2.45) is 5.92 Å². The second kappa shape index (κ2) is 7.17. The fourth-order valence-electron chi connectivity index (χ4n) is 3.77. The lowest BCUT2D eigenvalue weighted by atomic mass is 9.88. The van der Waals surface area contributed by atoms with Crippen molar-refractivity contribution in [1.29, 1.82) is 0 Å². The van der Waals surface area contributed by atoms with Crippen molar-refractivity contribution in [2.75, 3.05) is 26.7 Å². The third-order valence-corrected chi connectivity index (χ3v) is 5.12. The summed E-state index contributed by atoms with van der Waals surface area (Å²) >= 11 is 0. The van der Waals surface area contributed by atoms with Gasteiger partial charge in [0.1, 0.15) is 0 Å². The number of carbonyl (C=O) groups is 1. The van der Waals surface area contributed by atoms with E-state index in [1.54, 1.807) is 11.0 Å². The van der Waals surface area contributed by atoms with Crippen LogP contribution in [0.3, 0.4) is 0 Å². The van der Waals surface area contributed by atoms with Crippen LogP contribution in [0.5, 0.6) is 5.75 Å². The SMILES string of the molecule is COc1ccc(C(=O)N2CCC(C3CCCN3)CC2)cc1[N+](=O)[O-]. The molecule has 7 nitrogen and oxygen atoms in total. The summed E-state index contributed by atoms with van der Waals surface area (Å²) in [6.07, 6.45) is 4.44. The van der Waals surface area contributed by atoms with Crippen LogP contribution in [0, 0.1) is 16.0 Å². The van der Waals surface area contributed by atoms with Gasteiger partial charge in [-0.2, -0.15) is 0 Å². The zero-order chi connectivity index (χ0) is 17.1. The summed E-state index contributed by atoms with van der Waals surface area (Å²) in [6, 6.07) is 4.98. The molecular formula is C17H23N3O4. The Bertz CT molecular complexity index is 620. The van der Waals surface area contributed by atoms with Crippen molar-refractivity contribution >= 4 is 11.6 Å². The summed E-state index contributed by atoms with van der Waals surface area (Å²) in [5.41, 5.74) is 0.174. The van der Waals surface area contributed by atoms with Gasteiger partial charge in [-0.15, -0.1) is 0 Å². The van der Waals surface area contributed by atoms with E-state index in [2.05, 4.69) is 5.32 Å². The highest BCUT2D eigenvalue weighted by atomic mass is 16.6. The summed E-state index contributed by atoms with van der Waals surface area (Å²) in [6.45, 7) is 2.52. The summed E-state index contributed by atoms with van der Waals surface area (Å²) in [5, 5.41) is 14.7. The topological polar surface area (TPSA) is 84.7 Å². The number of hydrogen-bond acceptors (Lipinski definition) is 5. The Balaban J connectivity index is 1.66. The molecule has 1 unspecified atom stereocenters. The predicted octanol–water partition coefficient (Wildman–Crippen LogP) is 2.21. The van der Waals surface area contributed by atoms with Crippen molar-refractivity contribution in [3.63, 3.8) is 0 Å². The summed E-state index contributed by atoms with van der Waals surface area (Å²) in [5.74, 6) is 0.655. The van der Waals surface area contributed by atoms with Gasteiger partial charge in [0.25, 0.3) is 5.91 Å². The molecule has 130 valence electrons. The van der Waals surface area contributed by atoms with Crippen molar-refractivity contribution in [3.8, 4) is 5.75 Å². The zero-order valence-electron chi connectivity index (χ0n) is 13.9. The number of rotatable bonds is 4. The average Bonchev–Trinajstić information content (AvgIpc) is 3.15. The molecule has 0 aliphatic carbocycles. The summed E-state index contributed by atoms with van der Waals surface area (Å²) in [7, 11) is 1.38. The molecule has 0 spiro atoms. The van der Waals surface area contributed by atoms with Crippen LogP contribution in [0.1, 0.15) is 36.0 Å². The Morgan fingerprint density at radius 3 is 2.67 bits per heavy atom. The molecule has 1 aromatic rings. The highest BCUT2D eigenvalue weighted by Gasteiger charge is 2.30. The molecule has 1 atom stereocenters. The lowest BCUT2D eigenvalue weighted by molar-refractivity contribution is -0.385. The maximum absolute atomic E-state index is 12.6. The Labute approximate surface area is 141 Å². The van der Waals surface area contributed by atoms with Crippen LogP contribution in [0.25, 0.3) is 0 Å². The van der Waals surface area contributed by atoms with Gasteiger partial charge in [-0.25, -0.2) is 0 Å². The van der Waals surface area contributed by atoms with E-state index in [4.69, 9.17) is 4.74 Å². The molecule has 3 rings (SSSR count). The van der Waals surface area contributed by atoms with Crippen LogP contribution >= 0.6 is 0 Å². The number of nitro groups is 1. The zero-order valence-corrected chi connectivity index (χ0v) is 13.9. The van der Waals surface area contributed by atoms with Crippen molar-refractivity contribution in [1.82, 2.24) is 10.2 Å². The number of benzene rings is 1. The number of piperidine rings is 1. The minimum Gasteiger partial charge on any atom is -0.490 e. The first kappa shape index (κ1) is 16.7. The number of nitrogens with one attached hydrogen (secondary N) is 1. The second-order valence-electron chi connectivity index (χ2n) is 6.48. The first-order valence-corrected chi connectivity index (χ1v) is 8.45. The van der Waals surface area contributed by atoms with E-state index in [-0.39, 0.29) is 17.3 Å². The fourth-order valence-corrected chi connectivity index (χ4v) is 3.77. The van der Waals surface area contributed by atoms with E-state index < -0.39 is 4.92 Å². The Morgan fingerprint density at radius 2 is 2.08 bits per heavy atom. The molecular weight excluding hydrogens is 310 g/mol. The first-order chi connectivity index (χ1) is 11.6. The van der Waals surface area contributed by atoms with Crippen LogP contribution < -0.4 is 10.1 Å². The van der Waals surface area contributed by atoms with Gasteiger partial charge in [-0.1, -0.05) is 0 Å². The standard InChI is InChI=1S/C17H23N3O4/c1-24-16-5-4-13(11-15(16)20(22)23)17(21)19-9-6-12(7-10-19)14-3-2-8-18-14/h4-5,11-12,14,18H,2-3,6-10H2,1H3. The van der Waals surface area contributed by atoms with Crippen LogP contribution in [0.2, 0.25) is 0 Å². The van der Waals surface area contributed by atoms with E-state index in [0.29, 0.717) is 30.6 Å². The van der Waals surface area contributed by atoms with Crippen molar-refractivity contribution < 1.29 is 14.5 Å². The molecule has 0 bridgehead atoms. The Kier molecular flexibility index (Phi) is 4.99. The number of methoxy groups -OCH3 is 1. The lowest BCUT2D eigenvalue weighted by Crippen LogP contribution is -2.43. The van der Waals surface area contributed by atoms with Gasteiger partial charge in [0.15, 0.2) is 5.75 Å². The second-order valence-corrected chi connectivity index (χ2v) is 6.48. The molecule has 1 N–H and O–H groups in total. The normalized spacial score (nSPS) is 21.7. The molecule has 1 amide bonds.